The molecule has 1 amide bonds. The first-order chi connectivity index (χ1) is 11.2. The van der Waals surface area contributed by atoms with E-state index >= 15 is 0 Å². The number of nitrogens with zero attached hydrogens (tertiary/aromatic N) is 1. The van der Waals surface area contributed by atoms with Gasteiger partial charge < -0.3 is 10.1 Å². The van der Waals surface area contributed by atoms with Crippen molar-refractivity contribution >= 4 is 33.4 Å². The van der Waals surface area contributed by atoms with Crippen LogP contribution in [0.3, 0.4) is 0 Å². The van der Waals surface area contributed by atoms with Gasteiger partial charge in [-0.3, -0.25) is 9.59 Å². The van der Waals surface area contributed by atoms with Gasteiger partial charge >= 0.3 is 5.97 Å². The van der Waals surface area contributed by atoms with Crippen molar-refractivity contribution in [3.8, 4) is 0 Å². The fourth-order valence-corrected chi connectivity index (χ4v) is 4.64. The van der Waals surface area contributed by atoms with Gasteiger partial charge in [0.05, 0.1) is 28.1 Å². The lowest BCUT2D eigenvalue weighted by atomic mass is 9.85. The van der Waals surface area contributed by atoms with Crippen LogP contribution in [0.25, 0.3) is 10.2 Å². The summed E-state index contributed by atoms with van der Waals surface area (Å²) < 4.78 is 6.64. The van der Waals surface area contributed by atoms with Gasteiger partial charge in [0.15, 0.2) is 0 Å². The van der Waals surface area contributed by atoms with Crippen LogP contribution in [-0.2, 0) is 20.9 Å². The van der Waals surface area contributed by atoms with Crippen molar-refractivity contribution in [2.24, 2.45) is 5.92 Å². The lowest BCUT2D eigenvalue weighted by molar-refractivity contribution is -0.149. The van der Waals surface area contributed by atoms with Gasteiger partial charge in [0.25, 0.3) is 0 Å². The highest BCUT2D eigenvalue weighted by Gasteiger charge is 2.53. The molecule has 1 aliphatic carbocycles. The topological polar surface area (TPSA) is 68.3 Å². The van der Waals surface area contributed by atoms with Crippen LogP contribution in [-0.4, -0.2) is 22.5 Å². The molecule has 1 spiro atoms. The molecule has 1 N–H and O–H groups in total. The zero-order valence-corrected chi connectivity index (χ0v) is 13.5. The molecule has 1 unspecified atom stereocenters. The van der Waals surface area contributed by atoms with Crippen molar-refractivity contribution in [3.63, 3.8) is 0 Å². The molecule has 2 aliphatic rings. The molecular formula is C17H18N2O3S. The van der Waals surface area contributed by atoms with Crippen molar-refractivity contribution in [1.29, 1.82) is 0 Å². The van der Waals surface area contributed by atoms with Crippen molar-refractivity contribution in [1.82, 2.24) is 10.3 Å². The molecule has 1 aliphatic heterocycles. The number of fused-ring (bicyclic) bond motifs is 1. The number of esters is 1. The molecule has 1 saturated heterocycles. The van der Waals surface area contributed by atoms with E-state index in [1.807, 2.05) is 23.7 Å². The fraction of sp³-hybridized carbons (Fsp3) is 0.471. The zero-order valence-electron chi connectivity index (χ0n) is 12.7. The Labute approximate surface area is 138 Å². The minimum atomic E-state index is -0.544. The number of ether oxygens (including phenoxy) is 1. The number of carbonyl (C=O) groups is 2. The molecule has 2 heterocycles. The highest BCUT2D eigenvalue weighted by molar-refractivity contribution is 7.16. The minimum Gasteiger partial charge on any atom is -0.458 e. The molecule has 0 bridgehead atoms. The Hall–Kier alpha value is -1.95. The molecule has 120 valence electrons. The maximum absolute atomic E-state index is 12.6. The first kappa shape index (κ1) is 14.6. The number of hydrogen-bond acceptors (Lipinski definition) is 5. The predicted octanol–water partition coefficient (Wildman–Crippen LogP) is 2.79. The SMILES string of the molecule is O=C1CC(C(=O)NCc2cccc3ncsc23)C2(CCCC2)O1. The second-order valence-corrected chi connectivity index (χ2v) is 7.19. The molecule has 5 nitrogen and oxygen atoms in total. The standard InChI is InChI=1S/C17H18N2O3S/c20-14-8-12(17(22-14)6-1-2-7-17)16(21)18-9-11-4-3-5-13-15(11)23-10-19-13/h3-5,10,12H,1-2,6-9H2,(H,18,21). The van der Waals surface area contributed by atoms with E-state index in [1.54, 1.807) is 11.3 Å². The second-order valence-electron chi connectivity index (χ2n) is 6.34. The minimum absolute atomic E-state index is 0.0701. The summed E-state index contributed by atoms with van der Waals surface area (Å²) in [5.41, 5.74) is 3.28. The Balaban J connectivity index is 1.49. The number of amides is 1. The Morgan fingerprint density at radius 3 is 3.04 bits per heavy atom. The number of benzene rings is 1. The summed E-state index contributed by atoms with van der Waals surface area (Å²) in [5, 5.41) is 3.00. The third-order valence-electron chi connectivity index (χ3n) is 4.98. The first-order valence-electron chi connectivity index (χ1n) is 7.99. The molecule has 1 aromatic carbocycles. The van der Waals surface area contributed by atoms with Gasteiger partial charge in [-0.1, -0.05) is 12.1 Å². The van der Waals surface area contributed by atoms with Gasteiger partial charge in [-0.2, -0.15) is 0 Å². The number of nitrogens with one attached hydrogen (secondary N) is 1. The average Bonchev–Trinajstić information content (AvgIpc) is 3.25. The summed E-state index contributed by atoms with van der Waals surface area (Å²) in [4.78, 5) is 28.7. The number of hydrogen-bond donors (Lipinski definition) is 1. The van der Waals surface area contributed by atoms with Gasteiger partial charge in [-0.15, -0.1) is 11.3 Å². The molecule has 1 aromatic heterocycles. The predicted molar refractivity (Wildman–Crippen MR) is 86.9 cm³/mol. The number of carbonyl (C=O) groups excluding carboxylic acids is 2. The summed E-state index contributed by atoms with van der Waals surface area (Å²) in [6.45, 7) is 0.457. The van der Waals surface area contributed by atoms with Gasteiger partial charge in [0.1, 0.15) is 5.60 Å². The molecular weight excluding hydrogens is 312 g/mol. The highest BCUT2D eigenvalue weighted by atomic mass is 32.1. The third kappa shape index (κ3) is 2.51. The van der Waals surface area contributed by atoms with E-state index in [1.165, 1.54) is 0 Å². The molecule has 2 fully saturated rings. The lowest BCUT2D eigenvalue weighted by Gasteiger charge is -2.27. The normalized spacial score (nSPS) is 22.6. The fourth-order valence-electron chi connectivity index (χ4n) is 3.84. The molecule has 23 heavy (non-hydrogen) atoms. The van der Waals surface area contributed by atoms with Crippen LogP contribution in [0.15, 0.2) is 23.7 Å². The molecule has 6 heteroatoms. The summed E-state index contributed by atoms with van der Waals surface area (Å²) in [7, 11) is 0. The number of aromatic nitrogens is 1. The summed E-state index contributed by atoms with van der Waals surface area (Å²) in [5.74, 6) is -0.658. The van der Waals surface area contributed by atoms with E-state index in [-0.39, 0.29) is 24.2 Å². The molecule has 2 aromatic rings. The van der Waals surface area contributed by atoms with Gasteiger partial charge in [-0.25, -0.2) is 4.98 Å². The van der Waals surface area contributed by atoms with Crippen molar-refractivity contribution < 1.29 is 14.3 Å². The van der Waals surface area contributed by atoms with E-state index < -0.39 is 5.60 Å². The largest absolute Gasteiger partial charge is 0.458 e. The second kappa shape index (κ2) is 5.60. The van der Waals surface area contributed by atoms with Crippen molar-refractivity contribution in [3.05, 3.63) is 29.3 Å². The summed E-state index contributed by atoms with van der Waals surface area (Å²) in [6.07, 6.45) is 3.87. The van der Waals surface area contributed by atoms with E-state index in [9.17, 15) is 9.59 Å². The van der Waals surface area contributed by atoms with Crippen LogP contribution < -0.4 is 5.32 Å². The molecule has 4 rings (SSSR count). The van der Waals surface area contributed by atoms with E-state index in [4.69, 9.17) is 4.74 Å². The maximum Gasteiger partial charge on any atom is 0.307 e. The van der Waals surface area contributed by atoms with Crippen LogP contribution in [0, 0.1) is 5.92 Å². The van der Waals surface area contributed by atoms with Crippen LogP contribution in [0.2, 0.25) is 0 Å². The van der Waals surface area contributed by atoms with Crippen LogP contribution in [0.1, 0.15) is 37.7 Å². The Morgan fingerprint density at radius 2 is 2.22 bits per heavy atom. The quantitative estimate of drug-likeness (QED) is 0.879. The van der Waals surface area contributed by atoms with Crippen LogP contribution >= 0.6 is 11.3 Å². The lowest BCUT2D eigenvalue weighted by Crippen LogP contribution is -2.42. The molecule has 0 radical (unpaired) electrons. The van der Waals surface area contributed by atoms with Gasteiger partial charge in [0, 0.05) is 6.54 Å². The average molecular weight is 330 g/mol. The maximum atomic E-state index is 12.6. The Kier molecular flexibility index (Phi) is 3.56. The number of rotatable bonds is 3. The summed E-state index contributed by atoms with van der Waals surface area (Å²) >= 11 is 1.58. The van der Waals surface area contributed by atoms with Gasteiger partial charge in [0.2, 0.25) is 5.91 Å². The third-order valence-corrected chi connectivity index (χ3v) is 5.90. The summed E-state index contributed by atoms with van der Waals surface area (Å²) in [6, 6.07) is 5.92. The van der Waals surface area contributed by atoms with E-state index in [0.717, 1.165) is 41.5 Å². The monoisotopic (exact) mass is 330 g/mol. The molecule has 1 atom stereocenters. The molecule has 1 saturated carbocycles. The number of thiazole rings is 1. The van der Waals surface area contributed by atoms with Gasteiger partial charge in [-0.05, 0) is 37.3 Å². The van der Waals surface area contributed by atoms with E-state index in [0.29, 0.717) is 6.54 Å². The smallest absolute Gasteiger partial charge is 0.307 e. The van der Waals surface area contributed by atoms with Crippen molar-refractivity contribution in [2.45, 2.75) is 44.2 Å². The van der Waals surface area contributed by atoms with Crippen LogP contribution in [0.5, 0.6) is 0 Å². The first-order valence-corrected chi connectivity index (χ1v) is 8.87. The Morgan fingerprint density at radius 1 is 1.39 bits per heavy atom. The van der Waals surface area contributed by atoms with E-state index in [2.05, 4.69) is 10.3 Å². The van der Waals surface area contributed by atoms with Crippen molar-refractivity contribution in [2.75, 3.05) is 0 Å². The zero-order chi connectivity index (χ0) is 15.9. The Bertz CT molecular complexity index is 764. The van der Waals surface area contributed by atoms with Crippen LogP contribution in [0.4, 0.5) is 0 Å². The highest BCUT2D eigenvalue weighted by Crippen LogP contribution is 2.45.